The summed E-state index contributed by atoms with van der Waals surface area (Å²) >= 11 is 0. The fourth-order valence-electron chi connectivity index (χ4n) is 3.69. The summed E-state index contributed by atoms with van der Waals surface area (Å²) < 4.78 is 13.0. The van der Waals surface area contributed by atoms with Gasteiger partial charge >= 0.3 is 0 Å². The molecule has 1 aliphatic carbocycles. The quantitative estimate of drug-likeness (QED) is 0.766. The van der Waals surface area contributed by atoms with Crippen LogP contribution in [0.2, 0.25) is 0 Å². The first-order valence-corrected chi connectivity index (χ1v) is 8.53. The summed E-state index contributed by atoms with van der Waals surface area (Å²) in [6.07, 6.45) is 8.07. The van der Waals surface area contributed by atoms with E-state index < -0.39 is 0 Å². The van der Waals surface area contributed by atoms with Crippen LogP contribution in [0.3, 0.4) is 0 Å². The fourth-order valence-corrected chi connectivity index (χ4v) is 3.69. The number of carbonyl (C=O) groups excluding carboxylic acids is 1. The molecular weight excluding hydrogens is 315 g/mol. The summed E-state index contributed by atoms with van der Waals surface area (Å²) in [4.78, 5) is 16.9. The zero-order valence-corrected chi connectivity index (χ0v) is 14.4. The highest BCUT2D eigenvalue weighted by Crippen LogP contribution is 2.23. The van der Waals surface area contributed by atoms with E-state index in [1.54, 1.807) is 12.1 Å². The van der Waals surface area contributed by atoms with Crippen molar-refractivity contribution in [1.82, 2.24) is 9.80 Å². The molecule has 23 heavy (non-hydrogen) atoms. The van der Waals surface area contributed by atoms with Gasteiger partial charge in [0.05, 0.1) is 0 Å². The van der Waals surface area contributed by atoms with E-state index in [1.165, 1.54) is 50.7 Å². The third-order valence-corrected chi connectivity index (χ3v) is 5.03. The molecule has 0 unspecified atom stereocenters. The molecule has 3 nitrogen and oxygen atoms in total. The Kier molecular flexibility index (Phi) is 6.85. The number of piperazine rings is 1. The molecule has 0 aromatic heterocycles. The molecule has 128 valence electrons. The van der Waals surface area contributed by atoms with Gasteiger partial charge in [-0.3, -0.25) is 9.69 Å². The molecule has 0 N–H and O–H groups in total. The number of nitrogens with zero attached hydrogens (tertiary/aromatic N) is 2. The van der Waals surface area contributed by atoms with E-state index in [0.717, 1.165) is 26.2 Å². The lowest BCUT2D eigenvalue weighted by molar-refractivity contribution is 0.0551. The number of halogens is 2. The Bertz CT molecular complexity index is 492. The van der Waals surface area contributed by atoms with Gasteiger partial charge in [-0.1, -0.05) is 25.7 Å². The first kappa shape index (κ1) is 18.2. The van der Waals surface area contributed by atoms with Gasteiger partial charge in [0.2, 0.25) is 0 Å². The van der Waals surface area contributed by atoms with Gasteiger partial charge in [-0.25, -0.2) is 4.39 Å². The highest BCUT2D eigenvalue weighted by atomic mass is 35.5. The van der Waals surface area contributed by atoms with E-state index in [0.29, 0.717) is 11.6 Å². The average Bonchev–Trinajstić information content (AvgIpc) is 2.84. The second-order valence-electron chi connectivity index (χ2n) is 6.48. The minimum absolute atomic E-state index is 0. The van der Waals surface area contributed by atoms with Gasteiger partial charge in [-0.2, -0.15) is 0 Å². The van der Waals surface area contributed by atoms with Crippen molar-refractivity contribution in [3.63, 3.8) is 0 Å². The predicted octanol–water partition coefficient (Wildman–Crippen LogP) is 3.73. The van der Waals surface area contributed by atoms with Crippen molar-refractivity contribution in [2.75, 3.05) is 26.2 Å². The van der Waals surface area contributed by atoms with Crippen molar-refractivity contribution in [1.29, 1.82) is 0 Å². The lowest BCUT2D eigenvalue weighted by atomic mass is 10.1. The van der Waals surface area contributed by atoms with Crippen molar-refractivity contribution in [3.8, 4) is 0 Å². The summed E-state index contributed by atoms with van der Waals surface area (Å²) in [7, 11) is 0. The van der Waals surface area contributed by atoms with Crippen LogP contribution in [0.5, 0.6) is 0 Å². The zero-order valence-electron chi connectivity index (χ0n) is 13.5. The third-order valence-electron chi connectivity index (χ3n) is 5.03. The maximum Gasteiger partial charge on any atom is 0.253 e. The number of rotatable bonds is 2. The molecule has 1 amide bonds. The van der Waals surface area contributed by atoms with Gasteiger partial charge < -0.3 is 4.90 Å². The van der Waals surface area contributed by atoms with Crippen molar-refractivity contribution in [2.45, 2.75) is 44.6 Å². The summed E-state index contributed by atoms with van der Waals surface area (Å²) in [5.74, 6) is -0.268. The molecule has 0 radical (unpaired) electrons. The van der Waals surface area contributed by atoms with E-state index in [2.05, 4.69) is 4.90 Å². The Morgan fingerprint density at radius 1 is 0.913 bits per heavy atom. The minimum Gasteiger partial charge on any atom is -0.336 e. The van der Waals surface area contributed by atoms with E-state index >= 15 is 0 Å². The van der Waals surface area contributed by atoms with Crippen molar-refractivity contribution in [2.24, 2.45) is 0 Å². The SMILES string of the molecule is Cl.O=C(c1ccc(F)cc1)N1CCN(C2CCCCCC2)CC1. The summed E-state index contributed by atoms with van der Waals surface area (Å²) in [6.45, 7) is 3.51. The average molecular weight is 341 g/mol. The topological polar surface area (TPSA) is 23.6 Å². The highest BCUT2D eigenvalue weighted by molar-refractivity contribution is 5.94. The lowest BCUT2D eigenvalue weighted by Crippen LogP contribution is -2.51. The van der Waals surface area contributed by atoms with Crippen LogP contribution in [-0.4, -0.2) is 47.9 Å². The molecule has 0 spiro atoms. The number of amides is 1. The molecule has 1 heterocycles. The maximum atomic E-state index is 13.0. The van der Waals surface area contributed by atoms with Crippen LogP contribution in [0.4, 0.5) is 4.39 Å². The van der Waals surface area contributed by atoms with Crippen LogP contribution in [0.25, 0.3) is 0 Å². The van der Waals surface area contributed by atoms with Crippen LogP contribution in [0.15, 0.2) is 24.3 Å². The Morgan fingerprint density at radius 2 is 1.48 bits per heavy atom. The predicted molar refractivity (Wildman–Crippen MR) is 92.6 cm³/mol. The summed E-state index contributed by atoms with van der Waals surface area (Å²) in [6, 6.07) is 6.58. The molecule has 1 saturated heterocycles. The maximum absolute atomic E-state index is 13.0. The van der Waals surface area contributed by atoms with Crippen molar-refractivity contribution in [3.05, 3.63) is 35.6 Å². The molecule has 1 aliphatic heterocycles. The van der Waals surface area contributed by atoms with Crippen molar-refractivity contribution >= 4 is 18.3 Å². The highest BCUT2D eigenvalue weighted by Gasteiger charge is 2.26. The van der Waals surface area contributed by atoms with Crippen LogP contribution in [-0.2, 0) is 0 Å². The molecule has 0 bridgehead atoms. The number of benzene rings is 1. The summed E-state index contributed by atoms with van der Waals surface area (Å²) in [5.41, 5.74) is 0.587. The van der Waals surface area contributed by atoms with Gasteiger partial charge in [0, 0.05) is 37.8 Å². The second kappa shape index (κ2) is 8.65. The Labute approximate surface area is 144 Å². The van der Waals surface area contributed by atoms with Gasteiger partial charge in [-0.15, -0.1) is 12.4 Å². The van der Waals surface area contributed by atoms with E-state index in [1.807, 2.05) is 4.90 Å². The number of hydrogen-bond acceptors (Lipinski definition) is 2. The molecule has 3 rings (SSSR count). The Morgan fingerprint density at radius 3 is 2.04 bits per heavy atom. The molecule has 5 heteroatoms. The first-order valence-electron chi connectivity index (χ1n) is 8.53. The normalized spacial score (nSPS) is 20.7. The molecular formula is C18H26ClFN2O. The summed E-state index contributed by atoms with van der Waals surface area (Å²) in [5, 5.41) is 0. The van der Waals surface area contributed by atoms with Gasteiger partial charge in [0.25, 0.3) is 5.91 Å². The molecule has 1 aromatic rings. The van der Waals surface area contributed by atoms with E-state index in [9.17, 15) is 9.18 Å². The standard InChI is InChI=1S/C18H25FN2O.ClH/c19-16-9-7-15(8-10-16)18(22)21-13-11-20(12-14-21)17-5-3-1-2-4-6-17;/h7-10,17H,1-6,11-14H2;1H. The number of carbonyl (C=O) groups is 1. The fraction of sp³-hybridized carbons (Fsp3) is 0.611. The first-order chi connectivity index (χ1) is 10.7. The molecule has 1 aromatic carbocycles. The van der Waals surface area contributed by atoms with Gasteiger partial charge in [0.15, 0.2) is 0 Å². The van der Waals surface area contributed by atoms with Crippen LogP contribution in [0.1, 0.15) is 48.9 Å². The molecule has 2 fully saturated rings. The third kappa shape index (κ3) is 4.67. The van der Waals surface area contributed by atoms with Gasteiger partial charge in [-0.05, 0) is 37.1 Å². The van der Waals surface area contributed by atoms with Crippen molar-refractivity contribution < 1.29 is 9.18 Å². The van der Waals surface area contributed by atoms with E-state index in [-0.39, 0.29) is 24.1 Å². The minimum atomic E-state index is -0.297. The molecule has 1 saturated carbocycles. The molecule has 2 aliphatic rings. The Balaban J connectivity index is 0.00000192. The van der Waals surface area contributed by atoms with Crippen LogP contribution >= 0.6 is 12.4 Å². The van der Waals surface area contributed by atoms with Crippen LogP contribution < -0.4 is 0 Å². The largest absolute Gasteiger partial charge is 0.336 e. The molecule has 0 atom stereocenters. The Hall–Kier alpha value is -1.13. The smallest absolute Gasteiger partial charge is 0.253 e. The monoisotopic (exact) mass is 340 g/mol. The van der Waals surface area contributed by atoms with Gasteiger partial charge in [0.1, 0.15) is 5.82 Å². The number of hydrogen-bond donors (Lipinski definition) is 0. The second-order valence-corrected chi connectivity index (χ2v) is 6.48. The zero-order chi connectivity index (χ0) is 15.4. The van der Waals surface area contributed by atoms with Crippen LogP contribution in [0, 0.1) is 5.82 Å². The lowest BCUT2D eigenvalue weighted by Gasteiger charge is -2.39. The van der Waals surface area contributed by atoms with E-state index in [4.69, 9.17) is 0 Å².